The Morgan fingerprint density at radius 3 is 2.42 bits per heavy atom. The number of furan rings is 1. The number of carboxylic acid groups (broad SMARTS) is 1. The van der Waals surface area contributed by atoms with Crippen LogP contribution < -0.4 is 5.32 Å². The number of rotatable bonds is 6. The Morgan fingerprint density at radius 2 is 1.79 bits per heavy atom. The summed E-state index contributed by atoms with van der Waals surface area (Å²) < 4.78 is 5.12. The summed E-state index contributed by atoms with van der Waals surface area (Å²) in [6, 6.07) is 8.98. The number of carbonyl (C=O) groups is 1. The minimum atomic E-state index is -0.988. The molecule has 1 aromatic carbocycles. The molecule has 0 atom stereocenters. The van der Waals surface area contributed by atoms with Gasteiger partial charge in [0.2, 0.25) is 0 Å². The molecule has 0 aliphatic rings. The lowest BCUT2D eigenvalue weighted by molar-refractivity contribution is 0.0694. The highest BCUT2D eigenvalue weighted by Gasteiger charge is 2.12. The van der Waals surface area contributed by atoms with Crippen molar-refractivity contribution in [1.82, 2.24) is 5.32 Å². The van der Waals surface area contributed by atoms with Crippen molar-refractivity contribution in [3.8, 4) is 0 Å². The maximum absolute atomic E-state index is 10.9. The molecule has 100 valence electrons. The van der Waals surface area contributed by atoms with Crippen LogP contribution in [0.2, 0.25) is 0 Å². The predicted molar refractivity (Wildman–Crippen MR) is 68.6 cm³/mol. The second-order valence-electron chi connectivity index (χ2n) is 4.14. The van der Waals surface area contributed by atoms with E-state index in [0.717, 1.165) is 11.1 Å². The molecular weight excluding hydrogens is 246 g/mol. The van der Waals surface area contributed by atoms with E-state index in [2.05, 4.69) is 5.32 Å². The summed E-state index contributed by atoms with van der Waals surface area (Å²) in [5.41, 5.74) is 2.10. The summed E-state index contributed by atoms with van der Waals surface area (Å²) >= 11 is 0. The van der Waals surface area contributed by atoms with Gasteiger partial charge in [-0.25, -0.2) is 4.79 Å². The van der Waals surface area contributed by atoms with E-state index in [1.54, 1.807) is 0 Å². The number of carboxylic acids is 1. The van der Waals surface area contributed by atoms with Gasteiger partial charge in [0, 0.05) is 6.54 Å². The van der Waals surface area contributed by atoms with Crippen LogP contribution in [0, 0.1) is 0 Å². The smallest absolute Gasteiger partial charge is 0.339 e. The van der Waals surface area contributed by atoms with Crippen LogP contribution in [0.4, 0.5) is 0 Å². The van der Waals surface area contributed by atoms with E-state index < -0.39 is 5.97 Å². The number of aliphatic hydroxyl groups is 1. The van der Waals surface area contributed by atoms with Crippen LogP contribution in [-0.4, -0.2) is 16.2 Å². The second kappa shape index (κ2) is 6.17. The van der Waals surface area contributed by atoms with Gasteiger partial charge in [-0.15, -0.1) is 0 Å². The van der Waals surface area contributed by atoms with Crippen molar-refractivity contribution < 1.29 is 19.4 Å². The average molecular weight is 261 g/mol. The van der Waals surface area contributed by atoms with Gasteiger partial charge in [-0.1, -0.05) is 24.3 Å². The maximum Gasteiger partial charge on any atom is 0.339 e. The van der Waals surface area contributed by atoms with Crippen LogP contribution in [0.1, 0.15) is 27.2 Å². The third-order valence-electron chi connectivity index (χ3n) is 2.80. The summed E-state index contributed by atoms with van der Waals surface area (Å²) in [7, 11) is 0. The largest absolute Gasteiger partial charge is 0.478 e. The van der Waals surface area contributed by atoms with E-state index in [0.29, 0.717) is 18.8 Å². The number of benzene rings is 1. The molecule has 0 radical (unpaired) electrons. The first-order valence-corrected chi connectivity index (χ1v) is 5.89. The molecule has 0 saturated carbocycles. The molecule has 2 aromatic rings. The highest BCUT2D eigenvalue weighted by atomic mass is 16.4. The lowest BCUT2D eigenvalue weighted by atomic mass is 10.1. The zero-order valence-corrected chi connectivity index (χ0v) is 10.3. The van der Waals surface area contributed by atoms with E-state index in [4.69, 9.17) is 14.6 Å². The highest BCUT2D eigenvalue weighted by Crippen LogP contribution is 2.10. The number of nitrogens with one attached hydrogen (secondary N) is 1. The number of hydrogen-bond donors (Lipinski definition) is 3. The fourth-order valence-electron chi connectivity index (χ4n) is 1.75. The maximum atomic E-state index is 10.9. The Labute approximate surface area is 110 Å². The molecule has 1 heterocycles. The zero-order valence-electron chi connectivity index (χ0n) is 10.3. The van der Waals surface area contributed by atoms with Gasteiger partial charge in [0.25, 0.3) is 0 Å². The summed E-state index contributed by atoms with van der Waals surface area (Å²) in [5, 5.41) is 21.0. The van der Waals surface area contributed by atoms with E-state index in [9.17, 15) is 4.79 Å². The molecule has 0 spiro atoms. The van der Waals surface area contributed by atoms with E-state index >= 15 is 0 Å². The first kappa shape index (κ1) is 13.3. The van der Waals surface area contributed by atoms with Crippen LogP contribution in [0.3, 0.4) is 0 Å². The van der Waals surface area contributed by atoms with Gasteiger partial charge >= 0.3 is 5.97 Å². The molecule has 0 unspecified atom stereocenters. The normalized spacial score (nSPS) is 10.6. The van der Waals surface area contributed by atoms with Gasteiger partial charge in [0.15, 0.2) is 0 Å². The Bertz CT molecular complexity index is 545. The summed E-state index contributed by atoms with van der Waals surface area (Å²) in [6.45, 7) is 0.990. The molecule has 0 fully saturated rings. The van der Waals surface area contributed by atoms with Gasteiger partial charge in [-0.3, -0.25) is 0 Å². The van der Waals surface area contributed by atoms with Crippen LogP contribution in [-0.2, 0) is 19.7 Å². The first-order valence-electron chi connectivity index (χ1n) is 5.89. The molecule has 5 nitrogen and oxygen atoms in total. The van der Waals surface area contributed by atoms with Crippen molar-refractivity contribution >= 4 is 5.97 Å². The van der Waals surface area contributed by atoms with Gasteiger partial charge in [-0.05, 0) is 17.2 Å². The fraction of sp³-hybridized carbons (Fsp3) is 0.214. The third kappa shape index (κ3) is 3.43. The third-order valence-corrected chi connectivity index (χ3v) is 2.80. The Morgan fingerprint density at radius 1 is 1.11 bits per heavy atom. The minimum Gasteiger partial charge on any atom is -0.478 e. The monoisotopic (exact) mass is 261 g/mol. The van der Waals surface area contributed by atoms with Crippen LogP contribution in [0.5, 0.6) is 0 Å². The summed E-state index contributed by atoms with van der Waals surface area (Å²) in [6.07, 6.45) is 1.37. The Balaban J connectivity index is 1.89. The summed E-state index contributed by atoms with van der Waals surface area (Å²) in [4.78, 5) is 10.9. The average Bonchev–Trinajstić information content (AvgIpc) is 2.88. The van der Waals surface area contributed by atoms with Crippen molar-refractivity contribution in [2.75, 3.05) is 0 Å². The van der Waals surface area contributed by atoms with Crippen molar-refractivity contribution in [2.24, 2.45) is 0 Å². The topological polar surface area (TPSA) is 82.7 Å². The lowest BCUT2D eigenvalue weighted by Crippen LogP contribution is -2.14. The van der Waals surface area contributed by atoms with Crippen molar-refractivity contribution in [3.05, 3.63) is 59.0 Å². The quantitative estimate of drug-likeness (QED) is 0.738. The van der Waals surface area contributed by atoms with Gasteiger partial charge in [0.1, 0.15) is 11.3 Å². The van der Waals surface area contributed by atoms with Gasteiger partial charge < -0.3 is 19.9 Å². The molecule has 0 amide bonds. The molecule has 1 aromatic heterocycles. The second-order valence-corrected chi connectivity index (χ2v) is 4.14. The number of hydrogen-bond acceptors (Lipinski definition) is 4. The van der Waals surface area contributed by atoms with Crippen LogP contribution >= 0.6 is 0 Å². The SMILES string of the molecule is O=C(O)c1ccoc1CNCc1ccc(CO)cc1. The van der Waals surface area contributed by atoms with Crippen molar-refractivity contribution in [3.63, 3.8) is 0 Å². The molecule has 0 aliphatic heterocycles. The lowest BCUT2D eigenvalue weighted by Gasteiger charge is -2.05. The number of aromatic carboxylic acids is 1. The molecule has 19 heavy (non-hydrogen) atoms. The van der Waals surface area contributed by atoms with E-state index in [1.807, 2.05) is 24.3 Å². The Kier molecular flexibility index (Phi) is 4.33. The minimum absolute atomic E-state index is 0.0298. The summed E-state index contributed by atoms with van der Waals surface area (Å²) in [5.74, 6) is -0.572. The fourth-order valence-corrected chi connectivity index (χ4v) is 1.75. The van der Waals surface area contributed by atoms with Crippen LogP contribution in [0.25, 0.3) is 0 Å². The van der Waals surface area contributed by atoms with Gasteiger partial charge in [0.05, 0.1) is 19.4 Å². The molecule has 3 N–H and O–H groups in total. The zero-order chi connectivity index (χ0) is 13.7. The Hall–Kier alpha value is -2.11. The van der Waals surface area contributed by atoms with Crippen molar-refractivity contribution in [2.45, 2.75) is 19.7 Å². The van der Waals surface area contributed by atoms with E-state index in [-0.39, 0.29) is 12.2 Å². The molecule has 0 aliphatic carbocycles. The molecule has 5 heteroatoms. The van der Waals surface area contributed by atoms with Gasteiger partial charge in [-0.2, -0.15) is 0 Å². The van der Waals surface area contributed by atoms with Crippen molar-refractivity contribution in [1.29, 1.82) is 0 Å². The predicted octanol–water partition coefficient (Wildman–Crippen LogP) is 1.76. The molecule has 0 bridgehead atoms. The standard InChI is InChI=1S/C14H15NO4/c16-9-11-3-1-10(2-4-11)7-15-8-13-12(14(17)18)5-6-19-13/h1-6,15-16H,7-9H2,(H,17,18). The van der Waals surface area contributed by atoms with Crippen LogP contribution in [0.15, 0.2) is 41.0 Å². The number of aliphatic hydroxyl groups excluding tert-OH is 1. The molecular formula is C14H15NO4. The highest BCUT2D eigenvalue weighted by molar-refractivity contribution is 5.88. The molecule has 0 saturated heterocycles. The van der Waals surface area contributed by atoms with E-state index in [1.165, 1.54) is 12.3 Å². The molecule has 2 rings (SSSR count). The first-order chi connectivity index (χ1) is 9.20.